The van der Waals surface area contributed by atoms with Crippen molar-refractivity contribution in [3.63, 3.8) is 0 Å². The van der Waals surface area contributed by atoms with E-state index in [9.17, 15) is 14.4 Å². The zero-order valence-corrected chi connectivity index (χ0v) is 14.5. The molecule has 1 N–H and O–H groups in total. The first-order valence-electron chi connectivity index (χ1n) is 8.83. The number of piperidine rings is 1. The third-order valence-corrected chi connectivity index (χ3v) is 4.66. The molecule has 1 unspecified atom stereocenters. The summed E-state index contributed by atoms with van der Waals surface area (Å²) in [4.78, 5) is 40.2. The number of hydrogen-bond donors (Lipinski definition) is 1. The van der Waals surface area contributed by atoms with Crippen molar-refractivity contribution in [3.8, 4) is 0 Å². The lowest BCUT2D eigenvalue weighted by molar-refractivity contribution is -0.140. The molecule has 2 rings (SSSR count). The first kappa shape index (κ1) is 17.8. The van der Waals surface area contributed by atoms with E-state index in [1.165, 1.54) is 0 Å². The van der Waals surface area contributed by atoms with Gasteiger partial charge in [0.25, 0.3) is 0 Å². The van der Waals surface area contributed by atoms with Gasteiger partial charge in [0, 0.05) is 38.0 Å². The molecule has 0 saturated carbocycles. The molecule has 1 atom stereocenters. The van der Waals surface area contributed by atoms with Crippen LogP contribution < -0.4 is 5.32 Å². The number of nitrogens with zero attached hydrogens (tertiary/aromatic N) is 2. The van der Waals surface area contributed by atoms with Crippen LogP contribution in [0.5, 0.6) is 0 Å². The van der Waals surface area contributed by atoms with E-state index in [2.05, 4.69) is 5.32 Å². The van der Waals surface area contributed by atoms with Crippen LogP contribution >= 0.6 is 0 Å². The van der Waals surface area contributed by atoms with Crippen LogP contribution in [0, 0.1) is 0 Å². The standard InChI is InChI=1S/C17H29N3O3/c1-4-5-15(21)19-10-8-13(9-11-19)20-14(6-7-16(20)22)17(23)18-12(2)3/h12-14H,4-11H2,1-3H3,(H,18,23). The Labute approximate surface area is 138 Å². The number of hydrogen-bond acceptors (Lipinski definition) is 3. The van der Waals surface area contributed by atoms with Crippen molar-refractivity contribution in [2.75, 3.05) is 13.1 Å². The van der Waals surface area contributed by atoms with E-state index in [0.29, 0.717) is 32.4 Å². The van der Waals surface area contributed by atoms with Crippen LogP contribution in [-0.4, -0.2) is 58.7 Å². The molecule has 2 fully saturated rings. The molecule has 0 radical (unpaired) electrons. The molecule has 2 heterocycles. The van der Waals surface area contributed by atoms with Gasteiger partial charge in [0.05, 0.1) is 0 Å². The molecule has 3 amide bonds. The number of rotatable bonds is 5. The molecule has 0 spiro atoms. The molecular formula is C17H29N3O3. The monoisotopic (exact) mass is 323 g/mol. The Balaban J connectivity index is 1.96. The topological polar surface area (TPSA) is 69.7 Å². The molecular weight excluding hydrogens is 294 g/mol. The molecule has 6 nitrogen and oxygen atoms in total. The molecule has 0 bridgehead atoms. The quantitative estimate of drug-likeness (QED) is 0.829. The second kappa shape index (κ2) is 7.79. The lowest BCUT2D eigenvalue weighted by Gasteiger charge is -2.39. The molecule has 0 aliphatic carbocycles. The summed E-state index contributed by atoms with van der Waals surface area (Å²) in [5, 5.41) is 2.92. The molecule has 0 aromatic rings. The Bertz CT molecular complexity index is 456. The van der Waals surface area contributed by atoms with Crippen LogP contribution in [0.15, 0.2) is 0 Å². The van der Waals surface area contributed by atoms with E-state index in [-0.39, 0.29) is 35.8 Å². The Morgan fingerprint density at radius 2 is 1.87 bits per heavy atom. The smallest absolute Gasteiger partial charge is 0.243 e. The summed E-state index contributed by atoms with van der Waals surface area (Å²) in [5.74, 6) is 0.232. The molecule has 130 valence electrons. The predicted molar refractivity (Wildman–Crippen MR) is 87.7 cm³/mol. The maximum Gasteiger partial charge on any atom is 0.243 e. The number of nitrogens with one attached hydrogen (secondary N) is 1. The summed E-state index contributed by atoms with van der Waals surface area (Å²) in [7, 11) is 0. The first-order valence-corrected chi connectivity index (χ1v) is 8.83. The fraction of sp³-hybridized carbons (Fsp3) is 0.824. The highest BCUT2D eigenvalue weighted by molar-refractivity contribution is 5.91. The fourth-order valence-corrected chi connectivity index (χ4v) is 3.56. The highest BCUT2D eigenvalue weighted by Gasteiger charge is 2.41. The van der Waals surface area contributed by atoms with Crippen LogP contribution in [-0.2, 0) is 14.4 Å². The highest BCUT2D eigenvalue weighted by atomic mass is 16.2. The average Bonchev–Trinajstić information content (AvgIpc) is 2.89. The summed E-state index contributed by atoms with van der Waals surface area (Å²) in [6.07, 6.45) is 4.05. The Hall–Kier alpha value is -1.59. The minimum Gasteiger partial charge on any atom is -0.352 e. The maximum absolute atomic E-state index is 12.3. The summed E-state index contributed by atoms with van der Waals surface area (Å²) in [5.41, 5.74) is 0. The zero-order chi connectivity index (χ0) is 17.0. The summed E-state index contributed by atoms with van der Waals surface area (Å²) >= 11 is 0. The third kappa shape index (κ3) is 4.24. The van der Waals surface area contributed by atoms with E-state index < -0.39 is 0 Å². The van der Waals surface area contributed by atoms with Crippen molar-refractivity contribution in [2.45, 2.75) is 77.4 Å². The summed E-state index contributed by atoms with van der Waals surface area (Å²) in [6.45, 7) is 7.23. The molecule has 23 heavy (non-hydrogen) atoms. The second-order valence-corrected chi connectivity index (χ2v) is 6.88. The molecule has 0 aromatic heterocycles. The van der Waals surface area contributed by atoms with Gasteiger partial charge < -0.3 is 15.1 Å². The SMILES string of the molecule is CCCC(=O)N1CCC(N2C(=O)CCC2C(=O)NC(C)C)CC1. The van der Waals surface area contributed by atoms with E-state index in [1.54, 1.807) is 4.90 Å². The number of amides is 3. The van der Waals surface area contributed by atoms with Crippen molar-refractivity contribution in [2.24, 2.45) is 0 Å². The Morgan fingerprint density at radius 3 is 2.43 bits per heavy atom. The summed E-state index contributed by atoms with van der Waals surface area (Å²) in [6, 6.07) is -0.181. The largest absolute Gasteiger partial charge is 0.352 e. The summed E-state index contributed by atoms with van der Waals surface area (Å²) < 4.78 is 0. The van der Waals surface area contributed by atoms with Crippen LogP contribution in [0.1, 0.15) is 59.3 Å². The Morgan fingerprint density at radius 1 is 1.22 bits per heavy atom. The lowest BCUT2D eigenvalue weighted by Crippen LogP contribution is -2.54. The van der Waals surface area contributed by atoms with Crippen LogP contribution in [0.4, 0.5) is 0 Å². The first-order chi connectivity index (χ1) is 10.9. The predicted octanol–water partition coefficient (Wildman–Crippen LogP) is 1.29. The van der Waals surface area contributed by atoms with Crippen LogP contribution in [0.25, 0.3) is 0 Å². The van der Waals surface area contributed by atoms with Gasteiger partial charge in [-0.05, 0) is 39.5 Å². The number of carbonyl (C=O) groups is 3. The van der Waals surface area contributed by atoms with Crippen molar-refractivity contribution >= 4 is 17.7 Å². The van der Waals surface area contributed by atoms with Crippen molar-refractivity contribution in [1.29, 1.82) is 0 Å². The molecule has 2 aliphatic heterocycles. The van der Waals surface area contributed by atoms with Crippen LogP contribution in [0.3, 0.4) is 0 Å². The van der Waals surface area contributed by atoms with E-state index in [0.717, 1.165) is 19.3 Å². The van der Waals surface area contributed by atoms with Gasteiger partial charge in [-0.3, -0.25) is 14.4 Å². The minimum absolute atomic E-state index is 0.0460. The van der Waals surface area contributed by atoms with Gasteiger partial charge >= 0.3 is 0 Å². The zero-order valence-electron chi connectivity index (χ0n) is 14.5. The highest BCUT2D eigenvalue weighted by Crippen LogP contribution is 2.27. The van der Waals surface area contributed by atoms with Crippen LogP contribution in [0.2, 0.25) is 0 Å². The van der Waals surface area contributed by atoms with E-state index >= 15 is 0 Å². The van der Waals surface area contributed by atoms with Gasteiger partial charge in [-0.2, -0.15) is 0 Å². The lowest BCUT2D eigenvalue weighted by atomic mass is 10.0. The third-order valence-electron chi connectivity index (χ3n) is 4.66. The van der Waals surface area contributed by atoms with Crippen molar-refractivity contribution in [1.82, 2.24) is 15.1 Å². The maximum atomic E-state index is 12.3. The van der Waals surface area contributed by atoms with Crippen molar-refractivity contribution in [3.05, 3.63) is 0 Å². The molecule has 0 aromatic carbocycles. The van der Waals surface area contributed by atoms with E-state index in [1.807, 2.05) is 25.7 Å². The molecule has 2 saturated heterocycles. The molecule has 2 aliphatic rings. The number of carbonyl (C=O) groups excluding carboxylic acids is 3. The fourth-order valence-electron chi connectivity index (χ4n) is 3.56. The van der Waals surface area contributed by atoms with Gasteiger partial charge in [-0.15, -0.1) is 0 Å². The van der Waals surface area contributed by atoms with Crippen molar-refractivity contribution < 1.29 is 14.4 Å². The number of likely N-dealkylation sites (tertiary alicyclic amines) is 2. The second-order valence-electron chi connectivity index (χ2n) is 6.88. The molecule has 6 heteroatoms. The van der Waals surface area contributed by atoms with Gasteiger partial charge in [-0.1, -0.05) is 6.92 Å². The van der Waals surface area contributed by atoms with Gasteiger partial charge in [-0.25, -0.2) is 0 Å². The minimum atomic E-state index is -0.340. The average molecular weight is 323 g/mol. The van der Waals surface area contributed by atoms with Gasteiger partial charge in [0.15, 0.2) is 0 Å². The van der Waals surface area contributed by atoms with Gasteiger partial charge in [0.1, 0.15) is 6.04 Å². The Kier molecular flexibility index (Phi) is 6.02. The normalized spacial score (nSPS) is 22.8. The van der Waals surface area contributed by atoms with E-state index in [4.69, 9.17) is 0 Å². The van der Waals surface area contributed by atoms with Gasteiger partial charge in [0.2, 0.25) is 17.7 Å².